The van der Waals surface area contributed by atoms with Crippen LogP contribution < -0.4 is 0 Å². The van der Waals surface area contributed by atoms with Gasteiger partial charge in [-0.3, -0.25) is 0 Å². The Morgan fingerprint density at radius 2 is 1.62 bits per heavy atom. The van der Waals surface area contributed by atoms with Crippen LogP contribution >= 0.6 is 0 Å². The number of hydrogen-bond acceptors (Lipinski definition) is 1. The monoisotopic (exact) mass is 302 g/mol. The van der Waals surface area contributed by atoms with Crippen molar-refractivity contribution in [1.29, 1.82) is 0 Å². The number of halogens is 5. The van der Waals surface area contributed by atoms with Crippen LogP contribution in [0.1, 0.15) is 28.4 Å². The van der Waals surface area contributed by atoms with Gasteiger partial charge in [0.15, 0.2) is 0 Å². The minimum atomic E-state index is -4.77. The van der Waals surface area contributed by atoms with Crippen LogP contribution in [-0.4, -0.2) is 5.11 Å². The van der Waals surface area contributed by atoms with Crippen LogP contribution in [0.5, 0.6) is 0 Å². The van der Waals surface area contributed by atoms with E-state index in [1.54, 1.807) is 6.92 Å². The predicted octanol–water partition coefficient (Wildman–Crippen LogP) is 4.37. The number of rotatable bonds is 2. The maximum Gasteiger partial charge on any atom is 0.416 e. The smallest absolute Gasteiger partial charge is 0.384 e. The van der Waals surface area contributed by atoms with Crippen LogP contribution in [0.4, 0.5) is 22.0 Å². The molecule has 0 saturated carbocycles. The first-order chi connectivity index (χ1) is 9.70. The van der Waals surface area contributed by atoms with Gasteiger partial charge in [0.05, 0.1) is 5.56 Å². The zero-order valence-electron chi connectivity index (χ0n) is 10.9. The predicted molar refractivity (Wildman–Crippen MR) is 66.6 cm³/mol. The highest BCUT2D eigenvalue weighted by molar-refractivity contribution is 5.39. The lowest BCUT2D eigenvalue weighted by Crippen LogP contribution is -2.14. The van der Waals surface area contributed by atoms with Crippen LogP contribution in [-0.2, 0) is 6.18 Å². The van der Waals surface area contributed by atoms with Gasteiger partial charge >= 0.3 is 6.18 Å². The minimum absolute atomic E-state index is 0.328. The first-order valence-electron chi connectivity index (χ1n) is 6.01. The number of alkyl halides is 3. The average Bonchev–Trinajstić information content (AvgIpc) is 2.39. The summed E-state index contributed by atoms with van der Waals surface area (Å²) < 4.78 is 65.6. The lowest BCUT2D eigenvalue weighted by atomic mass is 9.95. The first-order valence-corrected chi connectivity index (χ1v) is 6.01. The maximum absolute atomic E-state index is 13.7. The van der Waals surface area contributed by atoms with Crippen molar-refractivity contribution in [2.24, 2.45) is 0 Å². The standard InChI is InChI=1S/C15H11F5O/c1-8-2-5-13(17)11(6-8)14(21)10-7-9(16)3-4-12(10)15(18,19)20/h2-7,14,21H,1H3. The van der Waals surface area contributed by atoms with Crippen LogP contribution in [0.3, 0.4) is 0 Å². The molecule has 0 spiro atoms. The largest absolute Gasteiger partial charge is 0.416 e. The molecule has 0 radical (unpaired) electrons. The third-order valence-electron chi connectivity index (χ3n) is 3.06. The van der Waals surface area contributed by atoms with Gasteiger partial charge in [-0.25, -0.2) is 8.78 Å². The van der Waals surface area contributed by atoms with E-state index in [0.29, 0.717) is 23.8 Å². The molecule has 21 heavy (non-hydrogen) atoms. The molecule has 1 unspecified atom stereocenters. The van der Waals surface area contributed by atoms with Crippen molar-refractivity contribution >= 4 is 0 Å². The molecule has 1 nitrogen and oxygen atoms in total. The summed E-state index contributed by atoms with van der Waals surface area (Å²) in [5.41, 5.74) is -1.68. The highest BCUT2D eigenvalue weighted by Crippen LogP contribution is 2.37. The van der Waals surface area contributed by atoms with E-state index in [0.717, 1.165) is 6.07 Å². The number of benzene rings is 2. The van der Waals surface area contributed by atoms with E-state index in [1.807, 2.05) is 0 Å². The average molecular weight is 302 g/mol. The first kappa shape index (κ1) is 15.4. The Kier molecular flexibility index (Phi) is 4.00. The van der Waals surface area contributed by atoms with Gasteiger partial charge in [-0.1, -0.05) is 17.7 Å². The van der Waals surface area contributed by atoms with E-state index in [-0.39, 0.29) is 5.56 Å². The maximum atomic E-state index is 13.7. The molecule has 2 aromatic rings. The van der Waals surface area contributed by atoms with E-state index in [4.69, 9.17) is 0 Å². The molecule has 0 heterocycles. The van der Waals surface area contributed by atoms with Crippen molar-refractivity contribution in [3.05, 3.63) is 70.3 Å². The Hall–Kier alpha value is -1.95. The molecule has 112 valence electrons. The fourth-order valence-electron chi connectivity index (χ4n) is 2.06. The molecule has 0 aromatic heterocycles. The van der Waals surface area contributed by atoms with E-state index >= 15 is 0 Å². The van der Waals surface area contributed by atoms with Crippen molar-refractivity contribution in [3.8, 4) is 0 Å². The molecule has 0 aliphatic heterocycles. The second-order valence-electron chi connectivity index (χ2n) is 4.66. The van der Waals surface area contributed by atoms with Crippen LogP contribution in [0, 0.1) is 18.6 Å². The molecule has 1 N–H and O–H groups in total. The minimum Gasteiger partial charge on any atom is -0.384 e. The quantitative estimate of drug-likeness (QED) is 0.817. The van der Waals surface area contributed by atoms with Gasteiger partial charge in [-0.15, -0.1) is 0 Å². The molecule has 0 fully saturated rings. The van der Waals surface area contributed by atoms with Crippen molar-refractivity contribution in [3.63, 3.8) is 0 Å². The SMILES string of the molecule is Cc1ccc(F)c(C(O)c2cc(F)ccc2C(F)(F)F)c1. The van der Waals surface area contributed by atoms with Gasteiger partial charge in [0.2, 0.25) is 0 Å². The molecular formula is C15H11F5O. The fourth-order valence-corrected chi connectivity index (χ4v) is 2.06. The van der Waals surface area contributed by atoms with Crippen molar-refractivity contribution in [1.82, 2.24) is 0 Å². The van der Waals surface area contributed by atoms with Gasteiger partial charge in [0.1, 0.15) is 17.7 Å². The molecule has 6 heteroatoms. The van der Waals surface area contributed by atoms with Crippen molar-refractivity contribution < 1.29 is 27.1 Å². The van der Waals surface area contributed by atoms with Crippen LogP contribution in [0.2, 0.25) is 0 Å². The molecule has 2 aromatic carbocycles. The van der Waals surface area contributed by atoms with Gasteiger partial charge in [0.25, 0.3) is 0 Å². The van der Waals surface area contributed by atoms with Gasteiger partial charge in [-0.05, 0) is 31.2 Å². The third-order valence-corrected chi connectivity index (χ3v) is 3.06. The van der Waals surface area contributed by atoms with E-state index in [2.05, 4.69) is 0 Å². The zero-order valence-corrected chi connectivity index (χ0v) is 10.9. The Balaban J connectivity index is 2.60. The van der Waals surface area contributed by atoms with Crippen molar-refractivity contribution in [2.45, 2.75) is 19.2 Å². The summed E-state index contributed by atoms with van der Waals surface area (Å²) >= 11 is 0. The van der Waals surface area contributed by atoms with Gasteiger partial charge < -0.3 is 5.11 Å². The van der Waals surface area contributed by atoms with Gasteiger partial charge in [-0.2, -0.15) is 13.2 Å². The highest BCUT2D eigenvalue weighted by Gasteiger charge is 2.36. The van der Waals surface area contributed by atoms with Gasteiger partial charge in [0, 0.05) is 11.1 Å². The fraction of sp³-hybridized carbons (Fsp3) is 0.200. The molecule has 2 rings (SSSR count). The molecular weight excluding hydrogens is 291 g/mol. The molecule has 1 atom stereocenters. The van der Waals surface area contributed by atoms with E-state index in [9.17, 15) is 27.1 Å². The lowest BCUT2D eigenvalue weighted by Gasteiger charge is -2.18. The summed E-state index contributed by atoms with van der Waals surface area (Å²) in [4.78, 5) is 0. The summed E-state index contributed by atoms with van der Waals surface area (Å²) in [6, 6.07) is 5.43. The number of aryl methyl sites for hydroxylation is 1. The van der Waals surface area contributed by atoms with E-state index in [1.165, 1.54) is 12.1 Å². The number of aliphatic hydroxyl groups excluding tert-OH is 1. The highest BCUT2D eigenvalue weighted by atomic mass is 19.4. The second kappa shape index (κ2) is 5.44. The van der Waals surface area contributed by atoms with Crippen LogP contribution in [0.15, 0.2) is 36.4 Å². The summed E-state index contributed by atoms with van der Waals surface area (Å²) in [5.74, 6) is -1.80. The molecule has 0 aliphatic carbocycles. The molecule has 0 bridgehead atoms. The molecule has 0 aliphatic rings. The topological polar surface area (TPSA) is 20.2 Å². The summed E-state index contributed by atoms with van der Waals surface area (Å²) in [6.45, 7) is 1.60. The third kappa shape index (κ3) is 3.21. The number of hydrogen-bond donors (Lipinski definition) is 1. The second-order valence-corrected chi connectivity index (χ2v) is 4.66. The van der Waals surface area contributed by atoms with Crippen molar-refractivity contribution in [2.75, 3.05) is 0 Å². The molecule has 0 amide bonds. The van der Waals surface area contributed by atoms with E-state index < -0.39 is 35.0 Å². The summed E-state index contributed by atoms with van der Waals surface area (Å²) in [6.07, 6.45) is -6.68. The Bertz CT molecular complexity index is 664. The lowest BCUT2D eigenvalue weighted by molar-refractivity contribution is -0.139. The Morgan fingerprint density at radius 1 is 0.952 bits per heavy atom. The molecule has 0 saturated heterocycles. The Morgan fingerprint density at radius 3 is 2.24 bits per heavy atom. The Labute approximate surface area is 117 Å². The normalized spacial score (nSPS) is 13.3. The summed E-state index contributed by atoms with van der Waals surface area (Å²) in [7, 11) is 0. The zero-order chi connectivity index (χ0) is 15.8. The van der Waals surface area contributed by atoms with Crippen LogP contribution in [0.25, 0.3) is 0 Å². The number of aliphatic hydroxyl groups is 1. The summed E-state index contributed by atoms with van der Waals surface area (Å²) in [5, 5.41) is 10.1.